The lowest BCUT2D eigenvalue weighted by Gasteiger charge is -2.31. The van der Waals surface area contributed by atoms with E-state index in [9.17, 15) is 4.79 Å². The molecule has 4 heteroatoms. The van der Waals surface area contributed by atoms with Crippen LogP contribution in [-0.2, 0) is 0 Å². The highest BCUT2D eigenvalue weighted by Gasteiger charge is 2.22. The fourth-order valence-corrected chi connectivity index (χ4v) is 3.81. The van der Waals surface area contributed by atoms with Crippen LogP contribution in [0.5, 0.6) is 5.75 Å². The van der Waals surface area contributed by atoms with Crippen LogP contribution in [0, 0.1) is 6.92 Å². The maximum Gasteiger partial charge on any atom is 0.251 e. The molecule has 2 aromatic rings. The molecule has 3 rings (SSSR count). The highest BCUT2D eigenvalue weighted by atomic mass is 16.5. The predicted molar refractivity (Wildman–Crippen MR) is 114 cm³/mol. The number of carbonyl (C=O) groups excluding carboxylic acids is 1. The Morgan fingerprint density at radius 3 is 2.25 bits per heavy atom. The summed E-state index contributed by atoms with van der Waals surface area (Å²) in [5.41, 5.74) is 3.21. The number of carbonyl (C=O) groups is 1. The standard InChI is InChI=1S/C24H32N2O2/c1-3-28-22-14-12-21(13-15-22)24(27)25-18-23(20-10-8-19(2)9-11-20)26-16-6-4-5-7-17-26/h8-15,23H,3-7,16-18H2,1-2H3,(H,25,27). The summed E-state index contributed by atoms with van der Waals surface area (Å²) in [4.78, 5) is 15.2. The zero-order valence-corrected chi connectivity index (χ0v) is 17.1. The molecule has 1 atom stereocenters. The number of likely N-dealkylation sites (tertiary alicyclic amines) is 1. The van der Waals surface area contributed by atoms with E-state index in [0.29, 0.717) is 18.7 Å². The molecule has 1 saturated heterocycles. The molecule has 1 fully saturated rings. The van der Waals surface area contributed by atoms with Gasteiger partial charge in [0.05, 0.1) is 12.6 Å². The molecule has 1 unspecified atom stereocenters. The first-order valence-electron chi connectivity index (χ1n) is 10.5. The lowest BCUT2D eigenvalue weighted by atomic mass is 10.0. The van der Waals surface area contributed by atoms with Gasteiger partial charge in [0, 0.05) is 12.1 Å². The van der Waals surface area contributed by atoms with Crippen LogP contribution in [0.1, 0.15) is 60.1 Å². The summed E-state index contributed by atoms with van der Waals surface area (Å²) >= 11 is 0. The van der Waals surface area contributed by atoms with Crippen LogP contribution in [0.25, 0.3) is 0 Å². The molecular weight excluding hydrogens is 348 g/mol. The van der Waals surface area contributed by atoms with Crippen LogP contribution in [0.15, 0.2) is 48.5 Å². The van der Waals surface area contributed by atoms with E-state index < -0.39 is 0 Å². The number of nitrogens with zero attached hydrogens (tertiary/aromatic N) is 1. The van der Waals surface area contributed by atoms with E-state index in [2.05, 4.69) is 41.4 Å². The van der Waals surface area contributed by atoms with Gasteiger partial charge < -0.3 is 10.1 Å². The van der Waals surface area contributed by atoms with Crippen molar-refractivity contribution < 1.29 is 9.53 Å². The maximum atomic E-state index is 12.7. The molecule has 150 valence electrons. The fourth-order valence-electron chi connectivity index (χ4n) is 3.81. The number of rotatable bonds is 7. The summed E-state index contributed by atoms with van der Waals surface area (Å²) in [6.45, 7) is 7.50. The van der Waals surface area contributed by atoms with Crippen molar-refractivity contribution in [3.05, 3.63) is 65.2 Å². The summed E-state index contributed by atoms with van der Waals surface area (Å²) < 4.78 is 5.46. The van der Waals surface area contributed by atoms with Gasteiger partial charge in [0.1, 0.15) is 5.75 Å². The van der Waals surface area contributed by atoms with Gasteiger partial charge in [-0.3, -0.25) is 9.69 Å². The molecule has 1 aliphatic rings. The molecule has 1 aliphatic heterocycles. The number of aryl methyl sites for hydroxylation is 1. The van der Waals surface area contributed by atoms with E-state index >= 15 is 0 Å². The Morgan fingerprint density at radius 1 is 1.00 bits per heavy atom. The van der Waals surface area contributed by atoms with Crippen molar-refractivity contribution in [1.29, 1.82) is 0 Å². The molecule has 0 spiro atoms. The molecule has 1 N–H and O–H groups in total. The summed E-state index contributed by atoms with van der Waals surface area (Å²) in [6.07, 6.45) is 5.07. The van der Waals surface area contributed by atoms with Gasteiger partial charge in [-0.05, 0) is 69.6 Å². The Labute approximate surface area is 168 Å². The zero-order valence-electron chi connectivity index (χ0n) is 17.1. The van der Waals surface area contributed by atoms with Gasteiger partial charge >= 0.3 is 0 Å². The number of amides is 1. The highest BCUT2D eigenvalue weighted by molar-refractivity contribution is 5.94. The SMILES string of the molecule is CCOc1ccc(C(=O)NCC(c2ccc(C)cc2)N2CCCCCC2)cc1. The Bertz CT molecular complexity index is 732. The largest absolute Gasteiger partial charge is 0.494 e. The third kappa shape index (κ3) is 5.59. The van der Waals surface area contributed by atoms with Crippen molar-refractivity contribution in [3.8, 4) is 5.75 Å². The number of ether oxygens (including phenoxy) is 1. The van der Waals surface area contributed by atoms with Gasteiger partial charge in [-0.15, -0.1) is 0 Å². The number of hydrogen-bond donors (Lipinski definition) is 1. The lowest BCUT2D eigenvalue weighted by molar-refractivity contribution is 0.0933. The molecule has 0 radical (unpaired) electrons. The van der Waals surface area contributed by atoms with Crippen LogP contribution in [0.3, 0.4) is 0 Å². The Balaban J connectivity index is 1.69. The van der Waals surface area contributed by atoms with E-state index in [0.717, 1.165) is 18.8 Å². The third-order valence-corrected chi connectivity index (χ3v) is 5.43. The number of hydrogen-bond acceptors (Lipinski definition) is 3. The molecule has 0 saturated carbocycles. The van der Waals surface area contributed by atoms with E-state index in [4.69, 9.17) is 4.74 Å². The van der Waals surface area contributed by atoms with Gasteiger partial charge in [-0.2, -0.15) is 0 Å². The van der Waals surface area contributed by atoms with E-state index in [1.165, 1.54) is 36.8 Å². The third-order valence-electron chi connectivity index (χ3n) is 5.43. The van der Waals surface area contributed by atoms with Crippen LogP contribution in [0.4, 0.5) is 0 Å². The minimum atomic E-state index is -0.0324. The van der Waals surface area contributed by atoms with Crippen LogP contribution < -0.4 is 10.1 Å². The van der Waals surface area contributed by atoms with E-state index in [-0.39, 0.29) is 11.9 Å². The Hall–Kier alpha value is -2.33. The van der Waals surface area contributed by atoms with Crippen LogP contribution in [-0.4, -0.2) is 37.0 Å². The maximum absolute atomic E-state index is 12.7. The van der Waals surface area contributed by atoms with Gasteiger partial charge in [0.25, 0.3) is 5.91 Å². The van der Waals surface area contributed by atoms with Gasteiger partial charge in [-0.25, -0.2) is 0 Å². The quantitative estimate of drug-likeness (QED) is 0.754. The second kappa shape index (κ2) is 10.3. The second-order valence-electron chi connectivity index (χ2n) is 7.54. The minimum Gasteiger partial charge on any atom is -0.494 e. The molecule has 1 heterocycles. The molecule has 0 aliphatic carbocycles. The average molecular weight is 381 g/mol. The summed E-state index contributed by atoms with van der Waals surface area (Å²) in [7, 11) is 0. The van der Waals surface area contributed by atoms with Crippen molar-refractivity contribution in [2.24, 2.45) is 0 Å². The first-order valence-corrected chi connectivity index (χ1v) is 10.5. The summed E-state index contributed by atoms with van der Waals surface area (Å²) in [5.74, 6) is 0.760. The summed E-state index contributed by atoms with van der Waals surface area (Å²) in [6, 6.07) is 16.3. The first kappa shape index (κ1) is 20.4. The Kier molecular flexibility index (Phi) is 7.49. The topological polar surface area (TPSA) is 41.6 Å². The monoisotopic (exact) mass is 380 g/mol. The second-order valence-corrected chi connectivity index (χ2v) is 7.54. The van der Waals surface area contributed by atoms with Crippen molar-refractivity contribution >= 4 is 5.91 Å². The number of nitrogens with one attached hydrogen (secondary N) is 1. The minimum absolute atomic E-state index is 0.0324. The molecular formula is C24H32N2O2. The molecule has 4 nitrogen and oxygen atoms in total. The molecule has 28 heavy (non-hydrogen) atoms. The van der Waals surface area contributed by atoms with E-state index in [1.54, 1.807) is 0 Å². The van der Waals surface area contributed by atoms with Crippen LogP contribution >= 0.6 is 0 Å². The molecule has 2 aromatic carbocycles. The van der Waals surface area contributed by atoms with Gasteiger partial charge in [-0.1, -0.05) is 42.7 Å². The van der Waals surface area contributed by atoms with Crippen molar-refractivity contribution in [1.82, 2.24) is 10.2 Å². The molecule has 0 bridgehead atoms. The fraction of sp³-hybridized carbons (Fsp3) is 0.458. The molecule has 1 amide bonds. The zero-order chi connectivity index (χ0) is 19.8. The normalized spacial score (nSPS) is 16.2. The predicted octanol–water partition coefficient (Wildman–Crippen LogP) is 4.74. The van der Waals surface area contributed by atoms with Gasteiger partial charge in [0.2, 0.25) is 0 Å². The van der Waals surface area contributed by atoms with Crippen molar-refractivity contribution in [3.63, 3.8) is 0 Å². The first-order chi connectivity index (χ1) is 13.7. The molecule has 0 aromatic heterocycles. The van der Waals surface area contributed by atoms with Crippen molar-refractivity contribution in [2.75, 3.05) is 26.2 Å². The van der Waals surface area contributed by atoms with E-state index in [1.807, 2.05) is 31.2 Å². The lowest BCUT2D eigenvalue weighted by Crippen LogP contribution is -2.38. The smallest absolute Gasteiger partial charge is 0.251 e. The van der Waals surface area contributed by atoms with Crippen molar-refractivity contribution in [2.45, 2.75) is 45.6 Å². The van der Waals surface area contributed by atoms with Crippen LogP contribution in [0.2, 0.25) is 0 Å². The highest BCUT2D eigenvalue weighted by Crippen LogP contribution is 2.24. The Morgan fingerprint density at radius 2 is 1.64 bits per heavy atom. The average Bonchev–Trinajstić information content (AvgIpc) is 2.99. The number of benzene rings is 2. The summed E-state index contributed by atoms with van der Waals surface area (Å²) in [5, 5.41) is 3.16. The van der Waals surface area contributed by atoms with Gasteiger partial charge in [0.15, 0.2) is 0 Å².